The van der Waals surface area contributed by atoms with Crippen molar-refractivity contribution in [2.45, 2.75) is 45.1 Å². The lowest BCUT2D eigenvalue weighted by Gasteiger charge is -2.12. The molecule has 1 aliphatic rings. The van der Waals surface area contributed by atoms with Crippen molar-refractivity contribution in [3.05, 3.63) is 11.3 Å². The Bertz CT molecular complexity index is 420. The summed E-state index contributed by atoms with van der Waals surface area (Å²) in [5.41, 5.74) is 0.836. The highest BCUT2D eigenvalue weighted by Gasteiger charge is 2.28. The third-order valence-corrected chi connectivity index (χ3v) is 3.35. The Morgan fingerprint density at radius 2 is 2.18 bits per heavy atom. The molecule has 17 heavy (non-hydrogen) atoms. The zero-order valence-electron chi connectivity index (χ0n) is 10.3. The lowest BCUT2D eigenvalue weighted by Crippen LogP contribution is -2.09. The molecule has 0 bridgehead atoms. The van der Waals surface area contributed by atoms with E-state index in [4.69, 9.17) is 4.74 Å². The van der Waals surface area contributed by atoms with Gasteiger partial charge in [-0.15, -0.1) is 0 Å². The molecule has 0 atom stereocenters. The van der Waals surface area contributed by atoms with E-state index in [-0.39, 0.29) is 5.56 Å². The minimum atomic E-state index is -0.956. The maximum atomic E-state index is 11.3. The van der Waals surface area contributed by atoms with Crippen molar-refractivity contribution in [2.75, 3.05) is 7.11 Å². The van der Waals surface area contributed by atoms with Crippen LogP contribution in [0.3, 0.4) is 0 Å². The van der Waals surface area contributed by atoms with Gasteiger partial charge in [-0.3, -0.25) is 0 Å². The maximum absolute atomic E-state index is 11.3. The highest BCUT2D eigenvalue weighted by Crippen LogP contribution is 2.35. The number of methoxy groups -OCH3 is 1. The van der Waals surface area contributed by atoms with E-state index in [1.807, 2.05) is 6.92 Å². The molecule has 0 saturated heterocycles. The minimum absolute atomic E-state index is 0.224. The average molecular weight is 238 g/mol. The van der Waals surface area contributed by atoms with Crippen LogP contribution in [-0.2, 0) is 6.42 Å². The van der Waals surface area contributed by atoms with E-state index < -0.39 is 5.97 Å². The van der Waals surface area contributed by atoms with Crippen LogP contribution in [0.2, 0.25) is 0 Å². The molecule has 1 N–H and O–H groups in total. The first kappa shape index (κ1) is 12.0. The Hall–Kier alpha value is -1.52. The Labute approximate surface area is 100 Å². The molecular formula is C12H18N2O3. The third-order valence-electron chi connectivity index (χ3n) is 3.35. The van der Waals surface area contributed by atoms with Crippen molar-refractivity contribution < 1.29 is 14.6 Å². The van der Waals surface area contributed by atoms with E-state index in [0.29, 0.717) is 24.0 Å². The number of aromatic carboxylic acids is 1. The monoisotopic (exact) mass is 238 g/mol. The van der Waals surface area contributed by atoms with Crippen molar-refractivity contribution in [1.29, 1.82) is 0 Å². The zero-order chi connectivity index (χ0) is 12.4. The Balaban J connectivity index is 2.47. The van der Waals surface area contributed by atoms with Crippen LogP contribution < -0.4 is 4.74 Å². The molecule has 1 fully saturated rings. The fourth-order valence-corrected chi connectivity index (χ4v) is 2.52. The van der Waals surface area contributed by atoms with Gasteiger partial charge in [-0.25, -0.2) is 9.48 Å². The number of aryl methyl sites for hydroxylation is 1. The highest BCUT2D eigenvalue weighted by atomic mass is 16.5. The lowest BCUT2D eigenvalue weighted by atomic mass is 10.2. The molecule has 0 aliphatic heterocycles. The predicted molar refractivity (Wildman–Crippen MR) is 62.6 cm³/mol. The Morgan fingerprint density at radius 3 is 2.65 bits per heavy atom. The number of nitrogens with zero attached hydrogens (tertiary/aromatic N) is 2. The first-order valence-electron chi connectivity index (χ1n) is 6.07. The van der Waals surface area contributed by atoms with Gasteiger partial charge in [-0.05, 0) is 19.3 Å². The number of rotatable bonds is 4. The van der Waals surface area contributed by atoms with Crippen molar-refractivity contribution in [1.82, 2.24) is 9.78 Å². The van der Waals surface area contributed by atoms with E-state index in [2.05, 4.69) is 5.10 Å². The Kier molecular flexibility index (Phi) is 3.36. The molecule has 5 nitrogen and oxygen atoms in total. The topological polar surface area (TPSA) is 64.4 Å². The molecular weight excluding hydrogens is 220 g/mol. The van der Waals surface area contributed by atoms with Crippen LogP contribution >= 0.6 is 0 Å². The second-order valence-electron chi connectivity index (χ2n) is 4.37. The van der Waals surface area contributed by atoms with Crippen LogP contribution in [0.4, 0.5) is 0 Å². The summed E-state index contributed by atoms with van der Waals surface area (Å²) in [7, 11) is 1.51. The molecule has 94 valence electrons. The van der Waals surface area contributed by atoms with E-state index in [0.717, 1.165) is 12.8 Å². The summed E-state index contributed by atoms with van der Waals surface area (Å²) in [5, 5.41) is 13.6. The van der Waals surface area contributed by atoms with Crippen LogP contribution in [0, 0.1) is 0 Å². The van der Waals surface area contributed by atoms with Crippen molar-refractivity contribution in [3.63, 3.8) is 0 Å². The minimum Gasteiger partial charge on any atom is -0.481 e. The quantitative estimate of drug-likeness (QED) is 0.873. The summed E-state index contributed by atoms with van der Waals surface area (Å²) in [4.78, 5) is 11.3. The number of carboxylic acids is 1. The largest absolute Gasteiger partial charge is 0.481 e. The number of aromatic nitrogens is 2. The summed E-state index contributed by atoms with van der Waals surface area (Å²) in [6, 6.07) is 0.295. The third kappa shape index (κ3) is 2.01. The van der Waals surface area contributed by atoms with Gasteiger partial charge in [-0.1, -0.05) is 19.8 Å². The van der Waals surface area contributed by atoms with Crippen LogP contribution in [0.25, 0.3) is 0 Å². The van der Waals surface area contributed by atoms with E-state index in [9.17, 15) is 9.90 Å². The molecule has 1 saturated carbocycles. The molecule has 0 aromatic carbocycles. The van der Waals surface area contributed by atoms with Gasteiger partial charge in [-0.2, -0.15) is 5.10 Å². The molecule has 5 heteroatoms. The molecule has 0 unspecified atom stereocenters. The van der Waals surface area contributed by atoms with Crippen molar-refractivity contribution in [3.8, 4) is 5.88 Å². The number of hydrogen-bond acceptors (Lipinski definition) is 3. The molecule has 1 aromatic heterocycles. The molecule has 2 rings (SSSR count). The predicted octanol–water partition coefficient (Wildman–Crippen LogP) is 2.27. The van der Waals surface area contributed by atoms with E-state index in [1.165, 1.54) is 20.0 Å². The van der Waals surface area contributed by atoms with Crippen molar-refractivity contribution >= 4 is 5.97 Å². The van der Waals surface area contributed by atoms with Crippen LogP contribution in [0.1, 0.15) is 54.7 Å². The molecule has 1 heterocycles. The molecule has 0 radical (unpaired) electrons. The summed E-state index contributed by atoms with van der Waals surface area (Å²) in [6.45, 7) is 1.91. The second-order valence-corrected chi connectivity index (χ2v) is 4.37. The fourth-order valence-electron chi connectivity index (χ4n) is 2.52. The number of ether oxygens (including phenoxy) is 1. The number of carbonyl (C=O) groups is 1. The van der Waals surface area contributed by atoms with E-state index in [1.54, 1.807) is 4.68 Å². The number of carboxylic acid groups (broad SMARTS) is 1. The van der Waals surface area contributed by atoms with Crippen molar-refractivity contribution in [2.24, 2.45) is 0 Å². The Morgan fingerprint density at radius 1 is 1.53 bits per heavy atom. The van der Waals surface area contributed by atoms with Gasteiger partial charge in [0.1, 0.15) is 5.56 Å². The van der Waals surface area contributed by atoms with Crippen LogP contribution in [-0.4, -0.2) is 28.0 Å². The normalized spacial score (nSPS) is 16.4. The van der Waals surface area contributed by atoms with Gasteiger partial charge in [0.05, 0.1) is 18.8 Å². The summed E-state index contributed by atoms with van der Waals surface area (Å²) in [5.74, 6) is -0.552. The molecule has 1 aliphatic carbocycles. The van der Waals surface area contributed by atoms with E-state index >= 15 is 0 Å². The molecule has 0 amide bonds. The van der Waals surface area contributed by atoms with Gasteiger partial charge >= 0.3 is 5.97 Å². The SMILES string of the molecule is CCc1nn(C2CCCC2)c(OC)c1C(=O)O. The van der Waals surface area contributed by atoms with Crippen LogP contribution in [0.15, 0.2) is 0 Å². The van der Waals surface area contributed by atoms with Gasteiger partial charge in [0.2, 0.25) is 5.88 Å². The lowest BCUT2D eigenvalue weighted by molar-refractivity contribution is 0.0691. The standard InChI is InChI=1S/C12H18N2O3/c1-3-9-10(12(15)16)11(17-2)14(13-9)8-6-4-5-7-8/h8H,3-7H2,1-2H3,(H,15,16). The summed E-state index contributed by atoms with van der Waals surface area (Å²) < 4.78 is 7.03. The maximum Gasteiger partial charge on any atom is 0.343 e. The first-order chi connectivity index (χ1) is 8.19. The van der Waals surface area contributed by atoms with Gasteiger partial charge in [0.15, 0.2) is 0 Å². The average Bonchev–Trinajstić information content (AvgIpc) is 2.94. The molecule has 1 aromatic rings. The zero-order valence-corrected chi connectivity index (χ0v) is 10.3. The van der Waals surface area contributed by atoms with Gasteiger partial charge in [0, 0.05) is 0 Å². The van der Waals surface area contributed by atoms with Gasteiger partial charge in [0.25, 0.3) is 0 Å². The smallest absolute Gasteiger partial charge is 0.343 e. The summed E-state index contributed by atoms with van der Waals surface area (Å²) >= 11 is 0. The van der Waals surface area contributed by atoms with Crippen LogP contribution in [0.5, 0.6) is 5.88 Å². The first-order valence-corrected chi connectivity index (χ1v) is 6.07. The summed E-state index contributed by atoms with van der Waals surface area (Å²) in [6.07, 6.45) is 5.08. The number of hydrogen-bond donors (Lipinski definition) is 1. The van der Waals surface area contributed by atoms with Gasteiger partial charge < -0.3 is 9.84 Å². The highest BCUT2D eigenvalue weighted by molar-refractivity contribution is 5.91. The second kappa shape index (κ2) is 4.77. The fraction of sp³-hybridized carbons (Fsp3) is 0.667. The molecule has 0 spiro atoms.